The van der Waals surface area contributed by atoms with Gasteiger partial charge in [0.15, 0.2) is 5.96 Å². The fraction of sp³-hybridized carbons (Fsp3) is 0.423. The average molecular weight is 500 g/mol. The van der Waals surface area contributed by atoms with Crippen molar-refractivity contribution >= 4 is 46.5 Å². The van der Waals surface area contributed by atoms with Gasteiger partial charge in [0.05, 0.1) is 23.4 Å². The summed E-state index contributed by atoms with van der Waals surface area (Å²) in [6.45, 7) is 5.05. The molecule has 1 amide bonds. The first-order valence-corrected chi connectivity index (χ1v) is 12.4. The third kappa shape index (κ3) is 7.62. The van der Waals surface area contributed by atoms with Gasteiger partial charge < -0.3 is 25.2 Å². The lowest BCUT2D eigenvalue weighted by Gasteiger charge is -2.37. The van der Waals surface area contributed by atoms with Crippen molar-refractivity contribution in [1.29, 1.82) is 5.41 Å². The molecule has 35 heavy (non-hydrogen) atoms. The van der Waals surface area contributed by atoms with Crippen LogP contribution in [0.1, 0.15) is 49.4 Å². The summed E-state index contributed by atoms with van der Waals surface area (Å²) in [7, 11) is 1.32. The smallest absolute Gasteiger partial charge is 0.337 e. The van der Waals surface area contributed by atoms with Gasteiger partial charge in [0, 0.05) is 44.0 Å². The van der Waals surface area contributed by atoms with Crippen molar-refractivity contribution in [3.8, 4) is 0 Å². The van der Waals surface area contributed by atoms with Crippen LogP contribution in [0.2, 0.25) is 5.02 Å². The first-order chi connectivity index (χ1) is 16.9. The van der Waals surface area contributed by atoms with E-state index in [0.717, 1.165) is 43.7 Å². The number of hydrogen-bond acceptors (Lipinski definition) is 5. The maximum atomic E-state index is 12.1. The van der Waals surface area contributed by atoms with Crippen LogP contribution in [0.4, 0.5) is 17.1 Å². The first kappa shape index (κ1) is 26.3. The molecule has 0 saturated carbocycles. The van der Waals surface area contributed by atoms with Crippen LogP contribution in [0.5, 0.6) is 0 Å². The number of carbonyl (C=O) groups is 2. The molecule has 1 heterocycles. The van der Waals surface area contributed by atoms with Crippen molar-refractivity contribution in [2.24, 2.45) is 0 Å². The molecule has 1 saturated heterocycles. The van der Waals surface area contributed by atoms with Gasteiger partial charge in [0.1, 0.15) is 0 Å². The van der Waals surface area contributed by atoms with Gasteiger partial charge in [-0.2, -0.15) is 0 Å². The number of piperazine rings is 1. The molecule has 9 heteroatoms. The molecular formula is C26H34ClN5O3. The second kappa shape index (κ2) is 13.0. The Morgan fingerprint density at radius 1 is 1.00 bits per heavy atom. The summed E-state index contributed by atoms with van der Waals surface area (Å²) < 4.78 is 4.71. The predicted molar refractivity (Wildman–Crippen MR) is 142 cm³/mol. The van der Waals surface area contributed by atoms with Gasteiger partial charge in [-0.25, -0.2) is 4.79 Å². The summed E-state index contributed by atoms with van der Waals surface area (Å²) in [6, 6.07) is 12.7. The van der Waals surface area contributed by atoms with Crippen molar-refractivity contribution in [2.45, 2.75) is 39.0 Å². The Morgan fingerprint density at radius 2 is 1.71 bits per heavy atom. The third-order valence-corrected chi connectivity index (χ3v) is 6.33. The molecule has 8 nitrogen and oxygen atoms in total. The number of nitrogens with zero attached hydrogens (tertiary/aromatic N) is 2. The molecule has 0 aromatic heterocycles. The Labute approximate surface area is 212 Å². The first-order valence-electron chi connectivity index (χ1n) is 12.0. The standard InChI is InChI=1S/C26H34ClN5O3/c1-3-4-5-6-7-24(33)29-20-9-11-21(12-10-20)31-14-16-32(17-15-31)26(28)30-23-13-8-19(18-22(23)27)25(34)35-2/h8-13,18H,3-7,14-17H2,1-2H3,(H2,28,30)(H,29,33). The highest BCUT2D eigenvalue weighted by atomic mass is 35.5. The molecule has 1 aliphatic heterocycles. The molecule has 0 atom stereocenters. The molecule has 3 N–H and O–H groups in total. The van der Waals surface area contributed by atoms with Crippen LogP contribution in [0.3, 0.4) is 0 Å². The number of rotatable bonds is 9. The summed E-state index contributed by atoms with van der Waals surface area (Å²) in [6.07, 6.45) is 4.91. The van der Waals surface area contributed by atoms with Crippen molar-refractivity contribution in [3.05, 3.63) is 53.1 Å². The number of benzene rings is 2. The van der Waals surface area contributed by atoms with Crippen LogP contribution >= 0.6 is 11.6 Å². The molecule has 0 aliphatic carbocycles. The lowest BCUT2D eigenvalue weighted by molar-refractivity contribution is -0.116. The summed E-state index contributed by atoms with van der Waals surface area (Å²) in [4.78, 5) is 28.0. The minimum Gasteiger partial charge on any atom is -0.465 e. The van der Waals surface area contributed by atoms with Gasteiger partial charge in [-0.15, -0.1) is 0 Å². The number of carbonyl (C=O) groups excluding carboxylic acids is 2. The summed E-state index contributed by atoms with van der Waals surface area (Å²) in [5, 5.41) is 14.8. The van der Waals surface area contributed by atoms with E-state index < -0.39 is 5.97 Å². The van der Waals surface area contributed by atoms with Crippen molar-refractivity contribution in [2.75, 3.05) is 48.8 Å². The fourth-order valence-corrected chi connectivity index (χ4v) is 4.18. The number of ether oxygens (including phenoxy) is 1. The van der Waals surface area contributed by atoms with E-state index >= 15 is 0 Å². The number of unbranched alkanes of at least 4 members (excludes halogenated alkanes) is 3. The van der Waals surface area contributed by atoms with E-state index in [4.69, 9.17) is 21.7 Å². The van der Waals surface area contributed by atoms with Crippen molar-refractivity contribution in [1.82, 2.24) is 4.90 Å². The zero-order chi connectivity index (χ0) is 25.2. The van der Waals surface area contributed by atoms with Crippen LogP contribution in [-0.2, 0) is 9.53 Å². The molecule has 2 aromatic carbocycles. The number of esters is 1. The van der Waals surface area contributed by atoms with E-state index in [0.29, 0.717) is 35.8 Å². The number of anilines is 3. The highest BCUT2D eigenvalue weighted by Gasteiger charge is 2.20. The number of halogens is 1. The molecule has 3 rings (SSSR count). The highest BCUT2D eigenvalue weighted by molar-refractivity contribution is 6.34. The Hall–Kier alpha value is -3.26. The minimum atomic E-state index is -0.456. The molecule has 0 unspecified atom stereocenters. The van der Waals surface area contributed by atoms with E-state index in [2.05, 4.69) is 22.5 Å². The lowest BCUT2D eigenvalue weighted by atomic mass is 10.1. The van der Waals surface area contributed by atoms with Gasteiger partial charge in [-0.05, 0) is 48.9 Å². The monoisotopic (exact) mass is 499 g/mol. The summed E-state index contributed by atoms with van der Waals surface area (Å²) in [5.74, 6) is -0.134. The molecule has 0 bridgehead atoms. The second-order valence-electron chi connectivity index (χ2n) is 8.54. The largest absolute Gasteiger partial charge is 0.465 e. The van der Waals surface area contributed by atoms with E-state index in [1.165, 1.54) is 19.6 Å². The Balaban J connectivity index is 1.46. The number of hydrogen-bond donors (Lipinski definition) is 3. The van der Waals surface area contributed by atoms with Gasteiger partial charge in [0.2, 0.25) is 5.91 Å². The van der Waals surface area contributed by atoms with Crippen LogP contribution in [0.25, 0.3) is 0 Å². The lowest BCUT2D eigenvalue weighted by Crippen LogP contribution is -2.50. The van der Waals surface area contributed by atoms with Gasteiger partial charge >= 0.3 is 5.97 Å². The minimum absolute atomic E-state index is 0.0634. The van der Waals surface area contributed by atoms with Gasteiger partial charge in [-0.1, -0.05) is 37.8 Å². The third-order valence-electron chi connectivity index (χ3n) is 6.01. The molecular weight excluding hydrogens is 466 g/mol. The number of methoxy groups -OCH3 is 1. The average Bonchev–Trinajstić information content (AvgIpc) is 2.88. The van der Waals surface area contributed by atoms with E-state index in [9.17, 15) is 9.59 Å². The SMILES string of the molecule is CCCCCCC(=O)Nc1ccc(N2CCN(C(=N)Nc3ccc(C(=O)OC)cc3Cl)CC2)cc1. The molecule has 2 aromatic rings. The maximum Gasteiger partial charge on any atom is 0.337 e. The molecule has 0 radical (unpaired) electrons. The van der Waals surface area contributed by atoms with Crippen LogP contribution in [0, 0.1) is 5.41 Å². The zero-order valence-corrected chi connectivity index (χ0v) is 21.2. The Kier molecular flexibility index (Phi) is 9.78. The second-order valence-corrected chi connectivity index (χ2v) is 8.95. The Bertz CT molecular complexity index is 1020. The van der Waals surface area contributed by atoms with E-state index in [-0.39, 0.29) is 11.9 Å². The molecule has 0 spiro atoms. The number of amides is 1. The van der Waals surface area contributed by atoms with Gasteiger partial charge in [0.25, 0.3) is 0 Å². The van der Waals surface area contributed by atoms with Crippen LogP contribution in [-0.4, -0.2) is 56.0 Å². The maximum absolute atomic E-state index is 12.1. The predicted octanol–water partition coefficient (Wildman–Crippen LogP) is 5.20. The number of nitrogens with one attached hydrogen (secondary N) is 3. The summed E-state index contributed by atoms with van der Waals surface area (Å²) >= 11 is 6.28. The fourth-order valence-electron chi connectivity index (χ4n) is 3.95. The molecule has 188 valence electrons. The molecule has 1 aliphatic rings. The van der Waals surface area contributed by atoms with Gasteiger partial charge in [-0.3, -0.25) is 10.2 Å². The van der Waals surface area contributed by atoms with Crippen molar-refractivity contribution in [3.63, 3.8) is 0 Å². The number of guanidine groups is 1. The quantitative estimate of drug-likeness (QED) is 0.190. The summed E-state index contributed by atoms with van der Waals surface area (Å²) in [5.41, 5.74) is 2.83. The van der Waals surface area contributed by atoms with Crippen LogP contribution in [0.15, 0.2) is 42.5 Å². The van der Waals surface area contributed by atoms with Crippen molar-refractivity contribution < 1.29 is 14.3 Å². The van der Waals surface area contributed by atoms with E-state index in [1.54, 1.807) is 12.1 Å². The highest BCUT2D eigenvalue weighted by Crippen LogP contribution is 2.24. The normalized spacial score (nSPS) is 13.3. The van der Waals surface area contributed by atoms with Crippen LogP contribution < -0.4 is 15.5 Å². The Morgan fingerprint density at radius 3 is 2.34 bits per heavy atom. The van der Waals surface area contributed by atoms with E-state index in [1.807, 2.05) is 29.2 Å². The topological polar surface area (TPSA) is 97.8 Å². The zero-order valence-electron chi connectivity index (χ0n) is 20.4. The molecule has 1 fully saturated rings.